The number of aryl methyl sites for hydroxylation is 1. The van der Waals surface area contributed by atoms with E-state index in [1.54, 1.807) is 12.4 Å². The van der Waals surface area contributed by atoms with Gasteiger partial charge in [-0.25, -0.2) is 9.48 Å². The first-order chi connectivity index (χ1) is 7.66. The Hall–Kier alpha value is -1.96. The van der Waals surface area contributed by atoms with Gasteiger partial charge in [-0.1, -0.05) is 0 Å². The fourth-order valence-corrected chi connectivity index (χ4v) is 1.69. The molecule has 0 aliphatic carbocycles. The van der Waals surface area contributed by atoms with Crippen molar-refractivity contribution in [3.05, 3.63) is 22.1 Å². The highest BCUT2D eigenvalue weighted by atomic mass is 32.1. The predicted molar refractivity (Wildman–Crippen MR) is 54.4 cm³/mol. The largest absolute Gasteiger partial charge is 0.485 e. The van der Waals surface area contributed by atoms with Crippen LogP contribution in [0.4, 0.5) is 0 Å². The molecule has 0 atom stereocenters. The van der Waals surface area contributed by atoms with Crippen molar-refractivity contribution < 1.29 is 14.6 Å². The number of thiophene rings is 1. The highest BCUT2D eigenvalue weighted by molar-refractivity contribution is 7.12. The van der Waals surface area contributed by atoms with Crippen molar-refractivity contribution in [1.82, 2.24) is 20.2 Å². The zero-order valence-electron chi connectivity index (χ0n) is 8.32. The molecule has 2 aromatic rings. The summed E-state index contributed by atoms with van der Waals surface area (Å²) in [6, 6.07) is 1.47. The van der Waals surface area contributed by atoms with Crippen LogP contribution in [0.3, 0.4) is 0 Å². The van der Waals surface area contributed by atoms with E-state index in [0.29, 0.717) is 11.6 Å². The van der Waals surface area contributed by atoms with E-state index in [2.05, 4.69) is 15.5 Å². The normalized spacial score (nSPS) is 10.3. The van der Waals surface area contributed by atoms with Crippen LogP contribution in [-0.4, -0.2) is 31.3 Å². The van der Waals surface area contributed by atoms with Gasteiger partial charge in [-0.3, -0.25) is 0 Å². The first-order valence-electron chi connectivity index (χ1n) is 4.32. The molecular formula is C8H8N4O3S. The quantitative estimate of drug-likeness (QED) is 0.839. The summed E-state index contributed by atoms with van der Waals surface area (Å²) in [5.74, 6) is 0.119. The molecule has 0 aliphatic rings. The van der Waals surface area contributed by atoms with Crippen molar-refractivity contribution in [1.29, 1.82) is 0 Å². The smallest absolute Gasteiger partial charge is 0.346 e. The number of rotatable bonds is 4. The van der Waals surface area contributed by atoms with Crippen LogP contribution in [0.2, 0.25) is 0 Å². The lowest BCUT2D eigenvalue weighted by Gasteiger charge is -2.00. The van der Waals surface area contributed by atoms with Crippen LogP contribution in [-0.2, 0) is 13.7 Å². The number of nitrogens with zero attached hydrogens (tertiary/aromatic N) is 4. The van der Waals surface area contributed by atoms with Gasteiger partial charge in [-0.15, -0.1) is 16.4 Å². The van der Waals surface area contributed by atoms with Crippen LogP contribution < -0.4 is 4.74 Å². The third-order valence-corrected chi connectivity index (χ3v) is 2.76. The number of carboxylic acid groups (broad SMARTS) is 1. The summed E-state index contributed by atoms with van der Waals surface area (Å²) in [4.78, 5) is 10.9. The number of tetrazole rings is 1. The molecule has 0 unspecified atom stereocenters. The molecule has 84 valence electrons. The molecule has 0 aliphatic heterocycles. The molecule has 0 radical (unpaired) electrons. The standard InChI is InChI=1S/C8H8N4O3S/c1-12-7(9-10-11-12)3-15-5-2-6(8(13)14)16-4-5/h2,4H,3H2,1H3,(H,13,14). The minimum Gasteiger partial charge on any atom is -0.485 e. The first kappa shape index (κ1) is 10.6. The Kier molecular flexibility index (Phi) is 2.82. The maximum Gasteiger partial charge on any atom is 0.346 e. The van der Waals surface area contributed by atoms with Gasteiger partial charge < -0.3 is 9.84 Å². The van der Waals surface area contributed by atoms with Crippen molar-refractivity contribution >= 4 is 17.3 Å². The molecule has 0 spiro atoms. The Morgan fingerprint density at radius 1 is 1.69 bits per heavy atom. The van der Waals surface area contributed by atoms with E-state index in [0.717, 1.165) is 11.3 Å². The van der Waals surface area contributed by atoms with Gasteiger partial charge in [-0.05, 0) is 10.4 Å². The summed E-state index contributed by atoms with van der Waals surface area (Å²) in [6.45, 7) is 0.208. The van der Waals surface area contributed by atoms with Crippen LogP contribution in [0.5, 0.6) is 5.75 Å². The maximum atomic E-state index is 10.6. The van der Waals surface area contributed by atoms with E-state index >= 15 is 0 Å². The van der Waals surface area contributed by atoms with Gasteiger partial charge in [0, 0.05) is 18.5 Å². The minimum absolute atomic E-state index is 0.208. The lowest BCUT2D eigenvalue weighted by atomic mass is 10.4. The summed E-state index contributed by atoms with van der Waals surface area (Å²) >= 11 is 1.12. The van der Waals surface area contributed by atoms with Crippen molar-refractivity contribution in [3.63, 3.8) is 0 Å². The number of carbonyl (C=O) groups is 1. The zero-order chi connectivity index (χ0) is 11.5. The lowest BCUT2D eigenvalue weighted by molar-refractivity contribution is 0.0702. The molecule has 2 aromatic heterocycles. The molecular weight excluding hydrogens is 232 g/mol. The van der Waals surface area contributed by atoms with Crippen LogP contribution in [0.15, 0.2) is 11.4 Å². The van der Waals surface area contributed by atoms with Gasteiger partial charge in [0.2, 0.25) is 0 Å². The van der Waals surface area contributed by atoms with E-state index in [1.165, 1.54) is 10.7 Å². The predicted octanol–water partition coefficient (Wildman–Crippen LogP) is 0.549. The highest BCUT2D eigenvalue weighted by Gasteiger charge is 2.09. The van der Waals surface area contributed by atoms with Gasteiger partial charge in [0.15, 0.2) is 5.82 Å². The SMILES string of the molecule is Cn1nnnc1COc1csc(C(=O)O)c1. The van der Waals surface area contributed by atoms with Crippen molar-refractivity contribution in [2.24, 2.45) is 7.05 Å². The molecule has 0 fully saturated rings. The Morgan fingerprint density at radius 2 is 2.50 bits per heavy atom. The molecule has 0 saturated carbocycles. The molecule has 2 heterocycles. The van der Waals surface area contributed by atoms with Crippen LogP contribution in [0, 0.1) is 0 Å². The number of hydrogen-bond acceptors (Lipinski definition) is 6. The fourth-order valence-electron chi connectivity index (χ4n) is 1.02. The Morgan fingerprint density at radius 3 is 3.06 bits per heavy atom. The Bertz CT molecular complexity index is 507. The average Bonchev–Trinajstić information content (AvgIpc) is 2.83. The van der Waals surface area contributed by atoms with Gasteiger partial charge in [0.05, 0.1) is 0 Å². The minimum atomic E-state index is -0.958. The van der Waals surface area contributed by atoms with Crippen molar-refractivity contribution in [2.45, 2.75) is 6.61 Å². The average molecular weight is 240 g/mol. The van der Waals surface area contributed by atoms with Crippen molar-refractivity contribution in [3.8, 4) is 5.75 Å². The monoisotopic (exact) mass is 240 g/mol. The van der Waals surface area contributed by atoms with E-state index in [-0.39, 0.29) is 11.5 Å². The molecule has 1 N–H and O–H groups in total. The zero-order valence-corrected chi connectivity index (χ0v) is 9.14. The molecule has 2 rings (SSSR count). The third-order valence-electron chi connectivity index (χ3n) is 1.86. The van der Waals surface area contributed by atoms with E-state index in [1.807, 2.05) is 0 Å². The van der Waals surface area contributed by atoms with E-state index in [9.17, 15) is 4.79 Å². The fraction of sp³-hybridized carbons (Fsp3) is 0.250. The van der Waals surface area contributed by atoms with Gasteiger partial charge in [-0.2, -0.15) is 0 Å². The topological polar surface area (TPSA) is 90.1 Å². The number of hydrogen-bond donors (Lipinski definition) is 1. The second-order valence-electron chi connectivity index (χ2n) is 2.96. The van der Waals surface area contributed by atoms with Crippen LogP contribution in [0.1, 0.15) is 15.5 Å². The first-order valence-corrected chi connectivity index (χ1v) is 5.20. The third kappa shape index (κ3) is 2.16. The highest BCUT2D eigenvalue weighted by Crippen LogP contribution is 2.21. The molecule has 0 aromatic carbocycles. The molecule has 7 nitrogen and oxygen atoms in total. The van der Waals surface area contributed by atoms with Crippen LogP contribution >= 0.6 is 11.3 Å². The van der Waals surface area contributed by atoms with Gasteiger partial charge in [0.25, 0.3) is 0 Å². The number of carboxylic acids is 1. The van der Waals surface area contributed by atoms with Crippen molar-refractivity contribution in [2.75, 3.05) is 0 Å². The van der Waals surface area contributed by atoms with Gasteiger partial charge in [0.1, 0.15) is 17.2 Å². The second-order valence-corrected chi connectivity index (χ2v) is 3.87. The van der Waals surface area contributed by atoms with Gasteiger partial charge >= 0.3 is 5.97 Å². The summed E-state index contributed by atoms with van der Waals surface area (Å²) in [7, 11) is 1.70. The number of ether oxygens (including phenoxy) is 1. The summed E-state index contributed by atoms with van der Waals surface area (Å²) in [5.41, 5.74) is 0. The molecule has 8 heteroatoms. The Balaban J connectivity index is 2.00. The molecule has 16 heavy (non-hydrogen) atoms. The second kappa shape index (κ2) is 4.27. The Labute approximate surface area is 94.3 Å². The number of aromatic carboxylic acids is 1. The summed E-state index contributed by atoms with van der Waals surface area (Å²) in [5, 5.41) is 21.2. The number of aromatic nitrogens is 4. The summed E-state index contributed by atoms with van der Waals surface area (Å²) < 4.78 is 6.84. The maximum absolute atomic E-state index is 10.6. The molecule has 0 saturated heterocycles. The molecule has 0 amide bonds. The lowest BCUT2D eigenvalue weighted by Crippen LogP contribution is -2.04. The molecule has 0 bridgehead atoms. The van der Waals surface area contributed by atoms with Crippen LogP contribution in [0.25, 0.3) is 0 Å². The van der Waals surface area contributed by atoms with E-state index in [4.69, 9.17) is 9.84 Å². The summed E-state index contributed by atoms with van der Waals surface area (Å²) in [6.07, 6.45) is 0. The van der Waals surface area contributed by atoms with E-state index < -0.39 is 5.97 Å².